The van der Waals surface area contributed by atoms with Crippen LogP contribution in [-0.2, 0) is 0 Å². The summed E-state index contributed by atoms with van der Waals surface area (Å²) >= 11 is 1.48. The van der Waals surface area contributed by atoms with Crippen molar-refractivity contribution < 1.29 is 14.6 Å². The Balaban J connectivity index is 1.58. The zero-order valence-corrected chi connectivity index (χ0v) is 16.7. The van der Waals surface area contributed by atoms with Crippen LogP contribution in [0.15, 0.2) is 48.5 Å². The highest BCUT2D eigenvalue weighted by molar-refractivity contribution is 7.17. The number of hydrogen-bond donors (Lipinski definition) is 1. The van der Waals surface area contributed by atoms with E-state index in [4.69, 9.17) is 9.84 Å². The molecule has 6 heteroatoms. The molecule has 0 unspecified atom stereocenters. The predicted octanol–water partition coefficient (Wildman–Crippen LogP) is 5.92. The second kappa shape index (κ2) is 9.99. The molecule has 1 N–H and O–H groups in total. The van der Waals surface area contributed by atoms with Crippen LogP contribution < -0.4 is 4.74 Å². The van der Waals surface area contributed by atoms with Crippen LogP contribution in [0.4, 0.5) is 0 Å². The average Bonchev–Trinajstić information content (AvgIpc) is 3.21. The van der Waals surface area contributed by atoms with Gasteiger partial charge in [-0.1, -0.05) is 56.1 Å². The molecule has 0 aliphatic heterocycles. The average molecular weight is 397 g/mol. The molecule has 0 bridgehead atoms. The highest BCUT2D eigenvalue weighted by Gasteiger charge is 2.10. The first-order valence-electron chi connectivity index (χ1n) is 9.58. The lowest BCUT2D eigenvalue weighted by Crippen LogP contribution is -1.97. The number of unbranched alkanes of at least 4 members (excludes halogenated alkanes) is 4. The van der Waals surface area contributed by atoms with Gasteiger partial charge in [0.15, 0.2) is 0 Å². The molecule has 3 rings (SSSR count). The molecule has 0 aliphatic rings. The molecule has 0 spiro atoms. The second-order valence-corrected chi connectivity index (χ2v) is 7.56. The summed E-state index contributed by atoms with van der Waals surface area (Å²) in [7, 11) is 0. The molecule has 3 aromatic rings. The third kappa shape index (κ3) is 5.39. The Morgan fingerprint density at radius 3 is 2.04 bits per heavy atom. The van der Waals surface area contributed by atoms with Gasteiger partial charge < -0.3 is 9.84 Å². The summed E-state index contributed by atoms with van der Waals surface area (Å²) in [5.74, 6) is -0.0685. The number of rotatable bonds is 10. The van der Waals surface area contributed by atoms with Crippen LogP contribution >= 0.6 is 11.3 Å². The fraction of sp³-hybridized carbons (Fsp3) is 0.318. The van der Waals surface area contributed by atoms with Gasteiger partial charge in [-0.15, -0.1) is 10.2 Å². The van der Waals surface area contributed by atoms with E-state index in [2.05, 4.69) is 17.1 Å². The molecule has 0 saturated carbocycles. The lowest BCUT2D eigenvalue weighted by atomic mass is 10.1. The molecule has 0 saturated heterocycles. The maximum Gasteiger partial charge on any atom is 0.335 e. The van der Waals surface area contributed by atoms with Gasteiger partial charge in [0.05, 0.1) is 12.2 Å². The van der Waals surface area contributed by atoms with Crippen LogP contribution in [0.5, 0.6) is 5.75 Å². The van der Waals surface area contributed by atoms with E-state index in [0.29, 0.717) is 0 Å². The summed E-state index contributed by atoms with van der Waals surface area (Å²) in [5.41, 5.74) is 2.10. The fourth-order valence-electron chi connectivity index (χ4n) is 2.80. The van der Waals surface area contributed by atoms with E-state index in [1.54, 1.807) is 24.3 Å². The van der Waals surface area contributed by atoms with Crippen LogP contribution in [0.25, 0.3) is 21.1 Å². The number of carboxylic acid groups (broad SMARTS) is 1. The number of nitrogens with zero attached hydrogens (tertiary/aromatic N) is 2. The smallest absolute Gasteiger partial charge is 0.335 e. The van der Waals surface area contributed by atoms with Gasteiger partial charge in [0.1, 0.15) is 15.8 Å². The normalized spacial score (nSPS) is 10.8. The molecular weight excluding hydrogens is 372 g/mol. The van der Waals surface area contributed by atoms with Crippen LogP contribution in [0.1, 0.15) is 49.4 Å². The van der Waals surface area contributed by atoms with Gasteiger partial charge in [0, 0.05) is 11.1 Å². The van der Waals surface area contributed by atoms with Crippen molar-refractivity contribution >= 4 is 17.3 Å². The molecule has 0 radical (unpaired) electrons. The fourth-order valence-corrected chi connectivity index (χ4v) is 3.66. The molecule has 0 atom stereocenters. The topological polar surface area (TPSA) is 72.3 Å². The largest absolute Gasteiger partial charge is 0.494 e. The van der Waals surface area contributed by atoms with Crippen molar-refractivity contribution in [1.29, 1.82) is 0 Å². The van der Waals surface area contributed by atoms with Gasteiger partial charge in [-0.3, -0.25) is 0 Å². The minimum atomic E-state index is -0.937. The number of benzene rings is 2. The van der Waals surface area contributed by atoms with Crippen LogP contribution in [0.3, 0.4) is 0 Å². The first kappa shape index (κ1) is 20.0. The molecule has 0 fully saturated rings. The monoisotopic (exact) mass is 396 g/mol. The molecule has 1 aromatic heterocycles. The van der Waals surface area contributed by atoms with E-state index < -0.39 is 5.97 Å². The van der Waals surface area contributed by atoms with E-state index in [9.17, 15) is 4.79 Å². The zero-order valence-electron chi connectivity index (χ0n) is 15.9. The lowest BCUT2D eigenvalue weighted by Gasteiger charge is -2.06. The molecule has 2 aromatic carbocycles. The number of carbonyl (C=O) groups is 1. The third-order valence-corrected chi connectivity index (χ3v) is 5.44. The molecular formula is C22H24N2O3S. The molecule has 1 heterocycles. The van der Waals surface area contributed by atoms with Crippen molar-refractivity contribution in [3.63, 3.8) is 0 Å². The summed E-state index contributed by atoms with van der Waals surface area (Å²) in [5, 5.41) is 19.1. The third-order valence-electron chi connectivity index (χ3n) is 4.42. The Hall–Kier alpha value is -2.73. The quantitative estimate of drug-likeness (QED) is 0.431. The van der Waals surface area contributed by atoms with Crippen molar-refractivity contribution in [2.24, 2.45) is 0 Å². The SMILES string of the molecule is CCCCCCCOc1ccc(-c2nnc(-c3ccc(C(=O)O)cc3)s2)cc1. The molecule has 5 nitrogen and oxygen atoms in total. The predicted molar refractivity (Wildman–Crippen MR) is 112 cm³/mol. The highest BCUT2D eigenvalue weighted by Crippen LogP contribution is 2.31. The Morgan fingerprint density at radius 1 is 0.893 bits per heavy atom. The standard InChI is InChI=1S/C22H24N2O3S/c1-2-3-4-5-6-15-27-19-13-11-17(12-14-19)21-24-23-20(28-21)16-7-9-18(10-8-16)22(25)26/h7-14H,2-6,15H2,1H3,(H,25,26). The minimum Gasteiger partial charge on any atom is -0.494 e. The summed E-state index contributed by atoms with van der Waals surface area (Å²) in [6.07, 6.45) is 6.12. The summed E-state index contributed by atoms with van der Waals surface area (Å²) in [6, 6.07) is 14.6. The number of hydrogen-bond acceptors (Lipinski definition) is 5. The zero-order chi connectivity index (χ0) is 19.8. The van der Waals surface area contributed by atoms with Gasteiger partial charge in [-0.05, 0) is 42.8 Å². The van der Waals surface area contributed by atoms with Gasteiger partial charge in [0.25, 0.3) is 0 Å². The van der Waals surface area contributed by atoms with Gasteiger partial charge in [-0.25, -0.2) is 4.79 Å². The van der Waals surface area contributed by atoms with E-state index in [1.165, 1.54) is 37.0 Å². The highest BCUT2D eigenvalue weighted by atomic mass is 32.1. The minimum absolute atomic E-state index is 0.259. The number of ether oxygens (including phenoxy) is 1. The molecule has 28 heavy (non-hydrogen) atoms. The van der Waals surface area contributed by atoms with Crippen molar-refractivity contribution in [3.8, 4) is 26.9 Å². The van der Waals surface area contributed by atoms with Crippen LogP contribution in [-0.4, -0.2) is 27.9 Å². The number of carboxylic acids is 1. The van der Waals surface area contributed by atoms with E-state index in [1.807, 2.05) is 24.3 Å². The van der Waals surface area contributed by atoms with Gasteiger partial charge in [0.2, 0.25) is 0 Å². The van der Waals surface area contributed by atoms with Gasteiger partial charge >= 0.3 is 5.97 Å². The van der Waals surface area contributed by atoms with Crippen molar-refractivity contribution in [2.45, 2.75) is 39.0 Å². The lowest BCUT2D eigenvalue weighted by molar-refractivity contribution is 0.0697. The van der Waals surface area contributed by atoms with E-state index in [0.717, 1.165) is 39.9 Å². The van der Waals surface area contributed by atoms with E-state index >= 15 is 0 Å². The molecule has 0 aliphatic carbocycles. The molecule has 0 amide bonds. The maximum absolute atomic E-state index is 11.0. The van der Waals surface area contributed by atoms with Crippen molar-refractivity contribution in [3.05, 3.63) is 54.1 Å². The van der Waals surface area contributed by atoms with E-state index in [-0.39, 0.29) is 5.56 Å². The Bertz CT molecular complexity index is 889. The van der Waals surface area contributed by atoms with Crippen molar-refractivity contribution in [2.75, 3.05) is 6.61 Å². The maximum atomic E-state index is 11.0. The van der Waals surface area contributed by atoms with Crippen LogP contribution in [0, 0.1) is 0 Å². The van der Waals surface area contributed by atoms with Crippen molar-refractivity contribution in [1.82, 2.24) is 10.2 Å². The summed E-state index contributed by atoms with van der Waals surface area (Å²) in [4.78, 5) is 11.0. The Kier molecular flexibility index (Phi) is 7.14. The first-order valence-corrected chi connectivity index (χ1v) is 10.4. The number of aromatic nitrogens is 2. The van der Waals surface area contributed by atoms with Gasteiger partial charge in [-0.2, -0.15) is 0 Å². The number of aromatic carboxylic acids is 1. The van der Waals surface area contributed by atoms with Crippen LogP contribution in [0.2, 0.25) is 0 Å². The first-order chi connectivity index (χ1) is 13.7. The Labute approximate surface area is 169 Å². The Morgan fingerprint density at radius 2 is 1.46 bits per heavy atom. The molecule has 146 valence electrons. The second-order valence-electron chi connectivity index (χ2n) is 6.58. The summed E-state index contributed by atoms with van der Waals surface area (Å²) in [6.45, 7) is 2.96. The summed E-state index contributed by atoms with van der Waals surface area (Å²) < 4.78 is 5.80.